The number of oxime groups is 1. The number of halogens is 1. The van der Waals surface area contributed by atoms with Gasteiger partial charge < -0.3 is 15.3 Å². The molecule has 3 aromatic rings. The maximum Gasteiger partial charge on any atom is 0.366 e. The van der Waals surface area contributed by atoms with Gasteiger partial charge in [-0.25, -0.2) is 9.18 Å². The van der Waals surface area contributed by atoms with E-state index in [1.807, 2.05) is 56.3 Å². The molecule has 0 aliphatic rings. The zero-order valence-electron chi connectivity index (χ0n) is 16.9. The maximum absolute atomic E-state index is 12.9. The number of aryl methyl sites for hydroxylation is 2. The summed E-state index contributed by atoms with van der Waals surface area (Å²) in [4.78, 5) is 17.3. The highest BCUT2D eigenvalue weighted by Crippen LogP contribution is 2.16. The summed E-state index contributed by atoms with van der Waals surface area (Å²) in [6.07, 6.45) is 0.332. The van der Waals surface area contributed by atoms with Crippen molar-refractivity contribution in [3.05, 3.63) is 100 Å². The van der Waals surface area contributed by atoms with Gasteiger partial charge in [0.05, 0.1) is 5.56 Å². The number of carbonyl (C=O) groups excluding carboxylic acids is 1. The van der Waals surface area contributed by atoms with Gasteiger partial charge in [-0.3, -0.25) is 0 Å². The minimum Gasteiger partial charge on any atom is -0.489 e. The number of rotatable bonds is 7. The zero-order chi connectivity index (χ0) is 21.5. The third kappa shape index (κ3) is 5.67. The second kappa shape index (κ2) is 9.69. The smallest absolute Gasteiger partial charge is 0.366 e. The Morgan fingerprint density at radius 2 is 1.53 bits per heavy atom. The van der Waals surface area contributed by atoms with Crippen molar-refractivity contribution in [2.45, 2.75) is 26.9 Å². The van der Waals surface area contributed by atoms with Crippen LogP contribution in [0.5, 0.6) is 5.75 Å². The molecule has 0 saturated heterocycles. The van der Waals surface area contributed by atoms with E-state index in [0.29, 0.717) is 24.3 Å². The van der Waals surface area contributed by atoms with E-state index in [9.17, 15) is 9.18 Å². The molecule has 0 radical (unpaired) electrons. The van der Waals surface area contributed by atoms with Crippen molar-refractivity contribution in [1.29, 1.82) is 0 Å². The molecule has 2 N–H and O–H groups in total. The molecule has 0 unspecified atom stereocenters. The first kappa shape index (κ1) is 21.0. The van der Waals surface area contributed by atoms with Gasteiger partial charge in [0.2, 0.25) is 0 Å². The van der Waals surface area contributed by atoms with Crippen molar-refractivity contribution in [3.8, 4) is 5.75 Å². The van der Waals surface area contributed by atoms with Crippen molar-refractivity contribution in [2.75, 3.05) is 0 Å². The van der Waals surface area contributed by atoms with Crippen molar-refractivity contribution < 1.29 is 18.8 Å². The Morgan fingerprint density at radius 3 is 2.17 bits per heavy atom. The molecule has 0 saturated carbocycles. The number of hydrogen-bond acceptors (Lipinski definition) is 4. The first-order valence-electron chi connectivity index (χ1n) is 9.48. The summed E-state index contributed by atoms with van der Waals surface area (Å²) in [6.45, 7) is 4.03. The molecule has 154 valence electrons. The van der Waals surface area contributed by atoms with Gasteiger partial charge in [0.1, 0.15) is 24.0 Å². The molecule has 30 heavy (non-hydrogen) atoms. The van der Waals surface area contributed by atoms with Crippen LogP contribution >= 0.6 is 0 Å². The molecule has 3 aromatic carbocycles. The second-order valence-electron chi connectivity index (χ2n) is 6.96. The third-order valence-corrected chi connectivity index (χ3v) is 4.56. The van der Waals surface area contributed by atoms with Crippen molar-refractivity contribution >= 4 is 11.8 Å². The minimum atomic E-state index is -0.530. The van der Waals surface area contributed by atoms with Crippen LogP contribution in [0.4, 0.5) is 4.39 Å². The number of nitrogens with two attached hydrogens (primary N) is 1. The zero-order valence-corrected chi connectivity index (χ0v) is 16.9. The van der Waals surface area contributed by atoms with E-state index in [-0.39, 0.29) is 11.7 Å². The lowest BCUT2D eigenvalue weighted by Gasteiger charge is -2.08. The Kier molecular flexibility index (Phi) is 6.80. The van der Waals surface area contributed by atoms with E-state index < -0.39 is 5.97 Å². The van der Waals surface area contributed by atoms with Gasteiger partial charge in [0, 0.05) is 6.42 Å². The molecule has 0 aromatic heterocycles. The first-order chi connectivity index (χ1) is 14.4. The molecule has 0 spiro atoms. The van der Waals surface area contributed by atoms with Gasteiger partial charge in [-0.15, -0.1) is 0 Å². The molecule has 6 heteroatoms. The molecule has 0 aliphatic heterocycles. The lowest BCUT2D eigenvalue weighted by Crippen LogP contribution is -2.17. The van der Waals surface area contributed by atoms with Crippen molar-refractivity contribution in [3.63, 3.8) is 0 Å². The van der Waals surface area contributed by atoms with Crippen LogP contribution in [0.1, 0.15) is 32.6 Å². The van der Waals surface area contributed by atoms with Crippen LogP contribution in [0.2, 0.25) is 0 Å². The van der Waals surface area contributed by atoms with E-state index >= 15 is 0 Å². The molecule has 3 rings (SSSR count). The van der Waals surface area contributed by atoms with E-state index in [0.717, 1.165) is 22.3 Å². The molecule has 0 atom stereocenters. The van der Waals surface area contributed by atoms with Crippen LogP contribution in [0, 0.1) is 19.7 Å². The summed E-state index contributed by atoms with van der Waals surface area (Å²) in [6, 6.07) is 19.1. The monoisotopic (exact) mass is 406 g/mol. The molecule has 0 fully saturated rings. The molecule has 0 bridgehead atoms. The molecular formula is C24H23FN2O3. The Labute approximate surface area is 174 Å². The molecule has 0 aliphatic carbocycles. The predicted molar refractivity (Wildman–Crippen MR) is 114 cm³/mol. The highest BCUT2D eigenvalue weighted by Gasteiger charge is 2.13. The van der Waals surface area contributed by atoms with Crippen molar-refractivity contribution in [2.24, 2.45) is 10.9 Å². The van der Waals surface area contributed by atoms with Gasteiger partial charge in [-0.2, -0.15) is 0 Å². The van der Waals surface area contributed by atoms with Crippen LogP contribution in [0.15, 0.2) is 71.9 Å². The number of benzene rings is 3. The van der Waals surface area contributed by atoms with E-state index in [2.05, 4.69) is 5.16 Å². The Hall–Kier alpha value is -3.67. The fraction of sp³-hybridized carbons (Fsp3) is 0.167. The summed E-state index contributed by atoms with van der Waals surface area (Å²) in [5, 5.41) is 3.77. The summed E-state index contributed by atoms with van der Waals surface area (Å²) >= 11 is 0. The van der Waals surface area contributed by atoms with Crippen LogP contribution in [0.25, 0.3) is 0 Å². The van der Waals surface area contributed by atoms with E-state index in [4.69, 9.17) is 15.3 Å². The van der Waals surface area contributed by atoms with Gasteiger partial charge in [-0.1, -0.05) is 47.6 Å². The molecule has 0 amide bonds. The summed E-state index contributed by atoms with van der Waals surface area (Å²) in [5.41, 5.74) is 9.82. The van der Waals surface area contributed by atoms with E-state index in [1.54, 1.807) is 12.1 Å². The maximum atomic E-state index is 12.9. The van der Waals surface area contributed by atoms with Crippen LogP contribution in [-0.2, 0) is 17.9 Å². The number of nitrogens with zero attached hydrogens (tertiary/aromatic N) is 1. The highest BCUT2D eigenvalue weighted by molar-refractivity contribution is 5.93. The van der Waals surface area contributed by atoms with Gasteiger partial charge >= 0.3 is 5.97 Å². The summed E-state index contributed by atoms with van der Waals surface area (Å²) in [7, 11) is 0. The Morgan fingerprint density at radius 1 is 0.933 bits per heavy atom. The quantitative estimate of drug-likeness (QED) is 0.267. The normalized spacial score (nSPS) is 11.2. The first-order valence-corrected chi connectivity index (χ1v) is 9.48. The third-order valence-electron chi connectivity index (χ3n) is 4.56. The SMILES string of the molecule is Cc1cccc(C)c1C(=O)O/N=C(/N)Cc1ccc(OCc2ccc(F)cc2)cc1. The number of carbonyl (C=O) groups is 1. The molecule has 5 nitrogen and oxygen atoms in total. The lowest BCUT2D eigenvalue weighted by atomic mass is 10.0. The predicted octanol–water partition coefficient (Wildman–Crippen LogP) is 4.69. The van der Waals surface area contributed by atoms with Crippen LogP contribution in [-0.4, -0.2) is 11.8 Å². The standard InChI is InChI=1S/C24H23FN2O3/c1-16-4-3-5-17(2)23(16)24(28)30-27-22(26)14-18-8-12-21(13-9-18)29-15-19-6-10-20(25)11-7-19/h3-13H,14-15H2,1-2H3,(H2,26,27). The highest BCUT2D eigenvalue weighted by atomic mass is 19.1. The van der Waals surface area contributed by atoms with Crippen LogP contribution < -0.4 is 10.5 Å². The van der Waals surface area contributed by atoms with Gasteiger partial charge in [-0.05, 0) is 60.4 Å². The second-order valence-corrected chi connectivity index (χ2v) is 6.96. The fourth-order valence-corrected chi connectivity index (χ4v) is 2.97. The molecular weight excluding hydrogens is 383 g/mol. The average Bonchev–Trinajstić information content (AvgIpc) is 2.73. The number of ether oxygens (including phenoxy) is 1. The van der Waals surface area contributed by atoms with E-state index in [1.165, 1.54) is 12.1 Å². The number of amidine groups is 1. The largest absolute Gasteiger partial charge is 0.489 e. The Balaban J connectivity index is 1.54. The topological polar surface area (TPSA) is 73.9 Å². The lowest BCUT2D eigenvalue weighted by molar-refractivity contribution is 0.0513. The number of hydrogen-bond donors (Lipinski definition) is 1. The average molecular weight is 406 g/mol. The minimum absolute atomic E-state index is 0.189. The van der Waals surface area contributed by atoms with Gasteiger partial charge in [0.15, 0.2) is 0 Å². The molecule has 0 heterocycles. The Bertz CT molecular complexity index is 1020. The summed E-state index contributed by atoms with van der Waals surface area (Å²) < 4.78 is 18.6. The van der Waals surface area contributed by atoms with Gasteiger partial charge in [0.25, 0.3) is 0 Å². The van der Waals surface area contributed by atoms with Crippen molar-refractivity contribution in [1.82, 2.24) is 0 Å². The fourth-order valence-electron chi connectivity index (χ4n) is 2.97. The summed E-state index contributed by atoms with van der Waals surface area (Å²) in [5.74, 6) is 0.0646. The van der Waals surface area contributed by atoms with Crippen LogP contribution in [0.3, 0.4) is 0 Å².